The molecular weight excluding hydrogens is 386 g/mol. The van der Waals surface area contributed by atoms with Crippen LogP contribution < -0.4 is 5.73 Å². The van der Waals surface area contributed by atoms with Crippen LogP contribution in [0.4, 0.5) is 0 Å². The molecule has 2 N–H and O–H groups in total. The van der Waals surface area contributed by atoms with Crippen LogP contribution in [0.3, 0.4) is 0 Å². The van der Waals surface area contributed by atoms with E-state index in [1.807, 2.05) is 18.2 Å². The summed E-state index contributed by atoms with van der Waals surface area (Å²) >= 11 is 0. The molecule has 0 spiro atoms. The third-order valence-electron chi connectivity index (χ3n) is 6.52. The highest BCUT2D eigenvalue weighted by Crippen LogP contribution is 2.48. The van der Waals surface area contributed by atoms with Gasteiger partial charge in [0, 0.05) is 46.8 Å². The number of para-hydroxylation sites is 1. The average molecular weight is 412 g/mol. The molecule has 31 heavy (non-hydrogen) atoms. The molecule has 0 fully saturated rings. The van der Waals surface area contributed by atoms with Gasteiger partial charge in [-0.1, -0.05) is 38.1 Å². The van der Waals surface area contributed by atoms with Crippen LogP contribution in [0.2, 0.25) is 0 Å². The number of nitrogens with zero attached hydrogens (tertiary/aromatic N) is 2. The van der Waals surface area contributed by atoms with Crippen molar-refractivity contribution in [1.29, 1.82) is 5.26 Å². The fourth-order valence-corrected chi connectivity index (χ4v) is 5.21. The Morgan fingerprint density at radius 2 is 1.90 bits per heavy atom. The Bertz CT molecular complexity index is 1360. The van der Waals surface area contributed by atoms with Crippen molar-refractivity contribution >= 4 is 27.6 Å². The maximum absolute atomic E-state index is 13.2. The van der Waals surface area contributed by atoms with E-state index in [2.05, 4.69) is 55.7 Å². The van der Waals surface area contributed by atoms with Crippen LogP contribution in [-0.4, -0.2) is 10.4 Å². The number of aromatic nitrogens is 1. The number of carbonyl (C=O) groups is 1. The van der Waals surface area contributed by atoms with Gasteiger partial charge in [0.2, 0.25) is 5.88 Å². The fourth-order valence-electron chi connectivity index (χ4n) is 5.21. The van der Waals surface area contributed by atoms with Crippen molar-refractivity contribution in [2.75, 3.05) is 0 Å². The summed E-state index contributed by atoms with van der Waals surface area (Å²) < 4.78 is 8.10. The molecule has 5 heteroatoms. The predicted molar refractivity (Wildman–Crippen MR) is 121 cm³/mol. The van der Waals surface area contributed by atoms with Crippen molar-refractivity contribution < 1.29 is 9.53 Å². The number of fused-ring (bicyclic) bond motifs is 3. The molecule has 0 amide bonds. The van der Waals surface area contributed by atoms with E-state index in [0.717, 1.165) is 28.4 Å². The molecule has 1 aliphatic carbocycles. The van der Waals surface area contributed by atoms with E-state index in [1.165, 1.54) is 5.52 Å². The number of allylic oxidation sites excluding steroid dienone is 3. The van der Waals surface area contributed by atoms with Gasteiger partial charge in [0.15, 0.2) is 5.78 Å². The number of hydrogen-bond donors (Lipinski definition) is 1. The molecular formula is C26H25N3O2. The zero-order valence-corrected chi connectivity index (χ0v) is 18.0. The minimum absolute atomic E-state index is 0.0348. The van der Waals surface area contributed by atoms with Gasteiger partial charge in [0.1, 0.15) is 17.4 Å². The van der Waals surface area contributed by atoms with Crippen LogP contribution in [0.15, 0.2) is 65.3 Å². The molecule has 2 aliphatic rings. The zero-order chi connectivity index (χ0) is 21.9. The Morgan fingerprint density at radius 1 is 1.16 bits per heavy atom. The van der Waals surface area contributed by atoms with Crippen molar-refractivity contribution in [1.82, 2.24) is 4.57 Å². The van der Waals surface area contributed by atoms with Gasteiger partial charge in [-0.2, -0.15) is 5.26 Å². The van der Waals surface area contributed by atoms with Gasteiger partial charge in [-0.25, -0.2) is 0 Å². The fraction of sp³-hybridized carbons (Fsp3) is 0.308. The van der Waals surface area contributed by atoms with E-state index in [4.69, 9.17) is 10.5 Å². The van der Waals surface area contributed by atoms with Gasteiger partial charge >= 0.3 is 0 Å². The number of hydrogen-bond acceptors (Lipinski definition) is 4. The molecule has 156 valence electrons. The number of rotatable bonds is 2. The topological polar surface area (TPSA) is 81.0 Å². The lowest BCUT2D eigenvalue weighted by atomic mass is 9.70. The predicted octanol–water partition coefficient (Wildman–Crippen LogP) is 5.27. The summed E-state index contributed by atoms with van der Waals surface area (Å²) in [6, 6.07) is 16.8. The number of ether oxygens (including phenoxy) is 1. The van der Waals surface area contributed by atoms with Crippen molar-refractivity contribution in [3.63, 3.8) is 0 Å². The SMILES string of the molecule is CCn1c2ccccc2c2cc([C@@H]3C(C#N)=C(N)OC4=C3C(=O)CC(C)(C)C4)ccc21. The molecule has 2 heterocycles. The lowest BCUT2D eigenvalue weighted by molar-refractivity contribution is -0.119. The molecule has 0 unspecified atom stereocenters. The maximum Gasteiger partial charge on any atom is 0.205 e. The van der Waals surface area contributed by atoms with E-state index in [1.54, 1.807) is 0 Å². The average Bonchev–Trinajstić information content (AvgIpc) is 3.04. The van der Waals surface area contributed by atoms with Crippen LogP contribution in [0.1, 0.15) is 45.1 Å². The smallest absolute Gasteiger partial charge is 0.205 e. The number of carbonyl (C=O) groups excluding carboxylic acids is 1. The Hall–Kier alpha value is -3.52. The van der Waals surface area contributed by atoms with Gasteiger partial charge in [0.05, 0.1) is 5.92 Å². The second kappa shape index (κ2) is 6.75. The van der Waals surface area contributed by atoms with E-state index < -0.39 is 5.92 Å². The lowest BCUT2D eigenvalue weighted by Crippen LogP contribution is -2.33. The Balaban J connectivity index is 1.76. The molecule has 1 atom stereocenters. The van der Waals surface area contributed by atoms with Crippen LogP contribution >= 0.6 is 0 Å². The second-order valence-corrected chi connectivity index (χ2v) is 9.24. The first-order valence-corrected chi connectivity index (χ1v) is 10.7. The first-order chi connectivity index (χ1) is 14.8. The van der Waals surface area contributed by atoms with E-state index in [0.29, 0.717) is 29.7 Å². The van der Waals surface area contributed by atoms with Crippen LogP contribution in [-0.2, 0) is 16.1 Å². The molecule has 3 aromatic rings. The number of Topliss-reactive ketones (excluding diaryl/α,β-unsaturated/α-hetero) is 1. The normalized spacial score (nSPS) is 20.7. The van der Waals surface area contributed by atoms with Crippen molar-refractivity contribution in [2.45, 2.75) is 46.1 Å². The zero-order valence-electron chi connectivity index (χ0n) is 18.0. The van der Waals surface area contributed by atoms with Crippen molar-refractivity contribution in [3.8, 4) is 6.07 Å². The monoisotopic (exact) mass is 411 g/mol. The number of aryl methyl sites for hydroxylation is 1. The molecule has 0 bridgehead atoms. The van der Waals surface area contributed by atoms with Crippen LogP contribution in [0.5, 0.6) is 0 Å². The molecule has 0 saturated heterocycles. The lowest BCUT2D eigenvalue weighted by Gasteiger charge is -2.37. The number of nitriles is 1. The molecule has 0 radical (unpaired) electrons. The molecule has 0 saturated carbocycles. The third-order valence-corrected chi connectivity index (χ3v) is 6.52. The highest BCUT2D eigenvalue weighted by molar-refractivity contribution is 6.08. The van der Waals surface area contributed by atoms with Gasteiger partial charge in [-0.05, 0) is 36.1 Å². The minimum atomic E-state index is -0.495. The summed E-state index contributed by atoms with van der Waals surface area (Å²) in [7, 11) is 0. The highest BCUT2D eigenvalue weighted by atomic mass is 16.5. The molecule has 2 aromatic carbocycles. The largest absolute Gasteiger partial charge is 0.444 e. The maximum atomic E-state index is 13.2. The Labute approximate surface area is 181 Å². The molecule has 5 nitrogen and oxygen atoms in total. The summed E-state index contributed by atoms with van der Waals surface area (Å²) in [5.74, 6) is 0.254. The first-order valence-electron chi connectivity index (χ1n) is 10.7. The number of ketones is 1. The Morgan fingerprint density at radius 3 is 2.65 bits per heavy atom. The van der Waals surface area contributed by atoms with Crippen molar-refractivity contribution in [2.24, 2.45) is 11.1 Å². The third kappa shape index (κ3) is 2.86. The molecule has 1 aromatic heterocycles. The van der Waals surface area contributed by atoms with Crippen molar-refractivity contribution in [3.05, 3.63) is 70.8 Å². The van der Waals surface area contributed by atoms with Crippen LogP contribution in [0.25, 0.3) is 21.8 Å². The summed E-state index contributed by atoms with van der Waals surface area (Å²) in [5.41, 5.74) is 10.1. The van der Waals surface area contributed by atoms with E-state index >= 15 is 0 Å². The van der Waals surface area contributed by atoms with Crippen LogP contribution in [0, 0.1) is 16.7 Å². The molecule has 1 aliphatic heterocycles. The summed E-state index contributed by atoms with van der Waals surface area (Å²) in [6.45, 7) is 7.10. The van der Waals surface area contributed by atoms with Gasteiger partial charge in [-0.3, -0.25) is 4.79 Å². The number of benzene rings is 2. The number of nitrogens with two attached hydrogens (primary N) is 1. The summed E-state index contributed by atoms with van der Waals surface area (Å²) in [5, 5.41) is 12.2. The van der Waals surface area contributed by atoms with Gasteiger partial charge in [0.25, 0.3) is 0 Å². The second-order valence-electron chi connectivity index (χ2n) is 9.24. The first kappa shape index (κ1) is 19.4. The van der Waals surface area contributed by atoms with Gasteiger partial charge < -0.3 is 15.0 Å². The summed E-state index contributed by atoms with van der Waals surface area (Å²) in [4.78, 5) is 13.2. The minimum Gasteiger partial charge on any atom is -0.444 e. The quantitative estimate of drug-likeness (QED) is 0.623. The molecule has 5 rings (SSSR count). The standard InChI is InChI=1S/C26H25N3O2/c1-4-29-19-8-6-5-7-16(19)17-11-15(9-10-20(17)29)23-18(14-27)25(28)31-22-13-26(2,3)12-21(30)24(22)23/h5-11,23H,4,12-13,28H2,1-3H3/t23-/m1/s1. The van der Waals surface area contributed by atoms with E-state index in [-0.39, 0.29) is 17.1 Å². The van der Waals surface area contributed by atoms with E-state index in [9.17, 15) is 10.1 Å². The van der Waals surface area contributed by atoms with Gasteiger partial charge in [-0.15, -0.1) is 0 Å². The Kier molecular flexibility index (Phi) is 4.23. The highest BCUT2D eigenvalue weighted by Gasteiger charge is 2.43. The summed E-state index contributed by atoms with van der Waals surface area (Å²) in [6.07, 6.45) is 1.06.